The minimum absolute atomic E-state index is 0.185. The van der Waals surface area contributed by atoms with Crippen LogP contribution in [0.25, 0.3) is 0 Å². The summed E-state index contributed by atoms with van der Waals surface area (Å²) in [4.78, 5) is 0. The highest BCUT2D eigenvalue weighted by Crippen LogP contribution is 2.33. The van der Waals surface area contributed by atoms with E-state index in [2.05, 4.69) is 17.4 Å². The number of rotatable bonds is 8. The molecule has 0 bridgehead atoms. The Kier molecular flexibility index (Phi) is 7.00. The van der Waals surface area contributed by atoms with Crippen molar-refractivity contribution in [3.05, 3.63) is 29.8 Å². The second-order valence-corrected chi connectivity index (χ2v) is 5.39. The largest absolute Gasteiger partial charge is 0.494 e. The fourth-order valence-electron chi connectivity index (χ4n) is 2.80. The molecule has 1 N–H and O–H groups in total. The van der Waals surface area contributed by atoms with E-state index in [-0.39, 0.29) is 6.10 Å². The minimum atomic E-state index is 0.185. The lowest BCUT2D eigenvalue weighted by Crippen LogP contribution is -2.33. The fraction of sp³-hybridized carbons (Fsp3) is 0.647. The molecule has 2 unspecified atom stereocenters. The molecule has 1 aliphatic rings. The van der Waals surface area contributed by atoms with Gasteiger partial charge in [0.15, 0.2) is 0 Å². The lowest BCUT2D eigenvalue weighted by atomic mass is 9.89. The summed E-state index contributed by atoms with van der Waals surface area (Å²) in [6.07, 6.45) is 2.53. The lowest BCUT2D eigenvalue weighted by Gasteiger charge is -2.32. The van der Waals surface area contributed by atoms with Crippen molar-refractivity contribution in [2.24, 2.45) is 5.92 Å². The fourth-order valence-corrected chi connectivity index (χ4v) is 2.80. The highest BCUT2D eigenvalue weighted by atomic mass is 16.5. The molecule has 0 aromatic heterocycles. The molecule has 0 saturated carbocycles. The molecule has 1 aromatic carbocycles. The normalized spacial score (nSPS) is 22.2. The molecular weight excluding hydrogens is 266 g/mol. The maximum absolute atomic E-state index is 6.02. The van der Waals surface area contributed by atoms with Gasteiger partial charge in [0.05, 0.1) is 19.3 Å². The Hall–Kier alpha value is -1.10. The second-order valence-electron chi connectivity index (χ2n) is 5.39. The maximum Gasteiger partial charge on any atom is 0.119 e. The molecule has 1 aromatic rings. The standard InChI is InChI=1S/C17H27NO3/c1-3-20-16-8-6-14(7-9-16)17-15(5-4-11-21-17)13-18-10-12-19-2/h6-9,15,17-18H,3-5,10-13H2,1-2H3. The Morgan fingerprint density at radius 1 is 1.29 bits per heavy atom. The summed E-state index contributed by atoms with van der Waals surface area (Å²) in [5.74, 6) is 1.44. The van der Waals surface area contributed by atoms with Gasteiger partial charge in [-0.3, -0.25) is 0 Å². The Morgan fingerprint density at radius 2 is 2.10 bits per heavy atom. The van der Waals surface area contributed by atoms with Gasteiger partial charge in [0, 0.05) is 32.7 Å². The predicted molar refractivity (Wildman–Crippen MR) is 83.8 cm³/mol. The van der Waals surface area contributed by atoms with Crippen LogP contribution >= 0.6 is 0 Å². The van der Waals surface area contributed by atoms with Crippen LogP contribution in [-0.2, 0) is 9.47 Å². The molecule has 1 saturated heterocycles. The quantitative estimate of drug-likeness (QED) is 0.748. The number of benzene rings is 1. The van der Waals surface area contributed by atoms with Crippen molar-refractivity contribution in [2.45, 2.75) is 25.9 Å². The Labute approximate surface area is 127 Å². The van der Waals surface area contributed by atoms with E-state index in [1.807, 2.05) is 19.1 Å². The molecule has 4 nitrogen and oxygen atoms in total. The second kappa shape index (κ2) is 9.03. The molecule has 0 spiro atoms. The van der Waals surface area contributed by atoms with Crippen LogP contribution in [0.15, 0.2) is 24.3 Å². The Morgan fingerprint density at radius 3 is 2.81 bits per heavy atom. The first kappa shape index (κ1) is 16.3. The van der Waals surface area contributed by atoms with Crippen molar-refractivity contribution in [1.29, 1.82) is 0 Å². The Bertz CT molecular complexity index is 394. The first-order valence-corrected chi connectivity index (χ1v) is 7.89. The zero-order valence-corrected chi connectivity index (χ0v) is 13.1. The van der Waals surface area contributed by atoms with Gasteiger partial charge >= 0.3 is 0 Å². The van der Waals surface area contributed by atoms with Crippen LogP contribution in [-0.4, -0.2) is 40.0 Å². The summed E-state index contributed by atoms with van der Waals surface area (Å²) >= 11 is 0. The van der Waals surface area contributed by atoms with E-state index in [1.165, 1.54) is 12.0 Å². The van der Waals surface area contributed by atoms with Gasteiger partial charge in [0.2, 0.25) is 0 Å². The first-order chi connectivity index (χ1) is 10.3. The monoisotopic (exact) mass is 293 g/mol. The van der Waals surface area contributed by atoms with Gasteiger partial charge in [-0.25, -0.2) is 0 Å². The zero-order valence-electron chi connectivity index (χ0n) is 13.1. The van der Waals surface area contributed by atoms with Crippen LogP contribution in [0.2, 0.25) is 0 Å². The summed E-state index contributed by atoms with van der Waals surface area (Å²) in [6, 6.07) is 8.32. The van der Waals surface area contributed by atoms with Crippen molar-refractivity contribution in [3.8, 4) is 5.75 Å². The predicted octanol–water partition coefficient (Wildman–Crippen LogP) is 2.79. The van der Waals surface area contributed by atoms with Gasteiger partial charge in [-0.05, 0) is 37.5 Å². The van der Waals surface area contributed by atoms with Gasteiger partial charge in [-0.2, -0.15) is 0 Å². The molecule has 2 rings (SSSR count). The van der Waals surface area contributed by atoms with Crippen molar-refractivity contribution < 1.29 is 14.2 Å². The van der Waals surface area contributed by atoms with Crippen LogP contribution in [0.5, 0.6) is 5.75 Å². The van der Waals surface area contributed by atoms with Crippen molar-refractivity contribution in [3.63, 3.8) is 0 Å². The molecule has 0 aliphatic carbocycles. The summed E-state index contributed by atoms with van der Waals surface area (Å²) in [5, 5.41) is 3.46. The van der Waals surface area contributed by atoms with E-state index < -0.39 is 0 Å². The highest BCUT2D eigenvalue weighted by Gasteiger charge is 2.27. The van der Waals surface area contributed by atoms with Gasteiger partial charge in [-0.1, -0.05) is 12.1 Å². The third-order valence-electron chi connectivity index (χ3n) is 3.85. The van der Waals surface area contributed by atoms with E-state index in [0.29, 0.717) is 12.5 Å². The highest BCUT2D eigenvalue weighted by molar-refractivity contribution is 5.29. The minimum Gasteiger partial charge on any atom is -0.494 e. The molecule has 0 radical (unpaired) electrons. The molecule has 4 heteroatoms. The van der Waals surface area contributed by atoms with Crippen molar-refractivity contribution in [2.75, 3.05) is 40.0 Å². The number of hydrogen-bond donors (Lipinski definition) is 1. The van der Waals surface area contributed by atoms with E-state index in [9.17, 15) is 0 Å². The van der Waals surface area contributed by atoms with Gasteiger partial charge in [0.25, 0.3) is 0 Å². The number of methoxy groups -OCH3 is 1. The van der Waals surface area contributed by atoms with Gasteiger partial charge in [-0.15, -0.1) is 0 Å². The topological polar surface area (TPSA) is 39.7 Å². The number of hydrogen-bond acceptors (Lipinski definition) is 4. The molecule has 0 amide bonds. The average molecular weight is 293 g/mol. The SMILES string of the molecule is CCOc1ccc(C2OCCCC2CNCCOC)cc1. The van der Waals surface area contributed by atoms with E-state index >= 15 is 0 Å². The van der Waals surface area contributed by atoms with Crippen LogP contribution in [0.4, 0.5) is 0 Å². The summed E-state index contributed by atoms with van der Waals surface area (Å²) in [6.45, 7) is 6.17. The van der Waals surface area contributed by atoms with Crippen LogP contribution < -0.4 is 10.1 Å². The summed E-state index contributed by atoms with van der Waals surface area (Å²) in [5.41, 5.74) is 1.25. The van der Waals surface area contributed by atoms with Crippen molar-refractivity contribution in [1.82, 2.24) is 5.32 Å². The molecule has 118 valence electrons. The van der Waals surface area contributed by atoms with Gasteiger partial charge in [0.1, 0.15) is 5.75 Å². The average Bonchev–Trinajstić information content (AvgIpc) is 2.53. The maximum atomic E-state index is 6.02. The molecular formula is C17H27NO3. The summed E-state index contributed by atoms with van der Waals surface area (Å²) < 4.78 is 16.6. The van der Waals surface area contributed by atoms with Crippen LogP contribution in [0, 0.1) is 5.92 Å². The molecule has 1 aliphatic heterocycles. The van der Waals surface area contributed by atoms with Crippen LogP contribution in [0.1, 0.15) is 31.4 Å². The summed E-state index contributed by atoms with van der Waals surface area (Å²) in [7, 11) is 1.73. The third kappa shape index (κ3) is 4.99. The molecule has 2 atom stereocenters. The van der Waals surface area contributed by atoms with Crippen LogP contribution in [0.3, 0.4) is 0 Å². The third-order valence-corrected chi connectivity index (χ3v) is 3.85. The zero-order chi connectivity index (χ0) is 14.9. The Balaban J connectivity index is 1.93. The molecule has 1 heterocycles. The smallest absolute Gasteiger partial charge is 0.119 e. The number of nitrogens with one attached hydrogen (secondary N) is 1. The van der Waals surface area contributed by atoms with Crippen molar-refractivity contribution >= 4 is 0 Å². The lowest BCUT2D eigenvalue weighted by molar-refractivity contribution is -0.0280. The number of ether oxygens (including phenoxy) is 3. The molecule has 21 heavy (non-hydrogen) atoms. The van der Waals surface area contributed by atoms with Gasteiger partial charge < -0.3 is 19.5 Å². The molecule has 1 fully saturated rings. The van der Waals surface area contributed by atoms with E-state index in [0.717, 1.165) is 38.5 Å². The van der Waals surface area contributed by atoms with E-state index in [1.54, 1.807) is 7.11 Å². The van der Waals surface area contributed by atoms with E-state index in [4.69, 9.17) is 14.2 Å². The first-order valence-electron chi connectivity index (χ1n) is 7.89.